The number of hydrogen-bond acceptors (Lipinski definition) is 2. The van der Waals surface area contributed by atoms with Gasteiger partial charge in [0.25, 0.3) is 5.91 Å². The minimum absolute atomic E-state index is 0.00329. The van der Waals surface area contributed by atoms with E-state index < -0.39 is 0 Å². The van der Waals surface area contributed by atoms with Crippen molar-refractivity contribution in [3.8, 4) is 5.75 Å². The maximum absolute atomic E-state index is 12.4. The molecule has 0 heterocycles. The molecule has 132 valence electrons. The minimum Gasteiger partial charge on any atom is -0.483 e. The number of anilines is 1. The van der Waals surface area contributed by atoms with E-state index in [9.17, 15) is 4.79 Å². The van der Waals surface area contributed by atoms with E-state index in [0.29, 0.717) is 0 Å². The summed E-state index contributed by atoms with van der Waals surface area (Å²) in [5.74, 6) is 0.610. The fourth-order valence-corrected chi connectivity index (χ4v) is 2.88. The summed E-state index contributed by atoms with van der Waals surface area (Å²) in [5.41, 5.74) is 4.22. The van der Waals surface area contributed by atoms with Crippen molar-refractivity contribution in [2.24, 2.45) is 0 Å². The summed E-state index contributed by atoms with van der Waals surface area (Å²) >= 11 is 0. The number of amides is 1. The van der Waals surface area contributed by atoms with E-state index in [-0.39, 0.29) is 12.5 Å². The first-order chi connectivity index (χ1) is 12.8. The number of carbonyl (C=O) groups is 1. The number of nitrogens with one attached hydrogen (secondary N) is 1. The van der Waals surface area contributed by atoms with Crippen LogP contribution in [0.25, 0.3) is 0 Å². The van der Waals surface area contributed by atoms with Crippen molar-refractivity contribution < 1.29 is 9.53 Å². The van der Waals surface area contributed by atoms with E-state index in [2.05, 4.69) is 24.4 Å². The molecule has 0 spiro atoms. The van der Waals surface area contributed by atoms with Crippen LogP contribution >= 0.6 is 0 Å². The molecule has 0 bridgehead atoms. The summed E-state index contributed by atoms with van der Waals surface area (Å²) in [6.07, 6.45) is 1.65. The molecule has 0 radical (unpaired) electrons. The molecule has 0 saturated heterocycles. The number of para-hydroxylation sites is 2. The molecular weight excluding hydrogens is 322 g/mol. The third-order valence-electron chi connectivity index (χ3n) is 4.24. The number of hydrogen-bond donors (Lipinski definition) is 1. The fourth-order valence-electron chi connectivity index (χ4n) is 2.88. The average molecular weight is 345 g/mol. The Kier molecular flexibility index (Phi) is 6.05. The van der Waals surface area contributed by atoms with Crippen LogP contribution in [0.1, 0.15) is 23.6 Å². The van der Waals surface area contributed by atoms with Gasteiger partial charge in [-0.05, 0) is 41.7 Å². The van der Waals surface area contributed by atoms with Crippen LogP contribution in [-0.2, 0) is 17.6 Å². The Morgan fingerprint density at radius 3 is 2.27 bits per heavy atom. The largest absolute Gasteiger partial charge is 0.483 e. The fraction of sp³-hybridized carbons (Fsp3) is 0.174. The van der Waals surface area contributed by atoms with Crippen LogP contribution in [0, 0.1) is 0 Å². The normalized spacial score (nSPS) is 10.3. The highest BCUT2D eigenvalue weighted by molar-refractivity contribution is 5.92. The molecule has 0 atom stereocenters. The van der Waals surface area contributed by atoms with Crippen LogP contribution < -0.4 is 10.1 Å². The van der Waals surface area contributed by atoms with Gasteiger partial charge in [-0.1, -0.05) is 73.7 Å². The lowest BCUT2D eigenvalue weighted by molar-refractivity contribution is -0.118. The van der Waals surface area contributed by atoms with E-state index in [1.165, 1.54) is 5.56 Å². The summed E-state index contributed by atoms with van der Waals surface area (Å²) in [4.78, 5) is 12.4. The highest BCUT2D eigenvalue weighted by Gasteiger charge is 2.09. The van der Waals surface area contributed by atoms with Crippen molar-refractivity contribution >= 4 is 11.6 Å². The second-order valence-electron chi connectivity index (χ2n) is 6.12. The molecule has 0 aliphatic rings. The van der Waals surface area contributed by atoms with E-state index >= 15 is 0 Å². The Hall–Kier alpha value is -3.07. The Bertz CT molecular complexity index is 859. The van der Waals surface area contributed by atoms with E-state index in [1.807, 2.05) is 66.7 Å². The molecule has 0 saturated carbocycles. The van der Waals surface area contributed by atoms with Crippen molar-refractivity contribution in [3.05, 3.63) is 95.6 Å². The Labute approximate surface area is 154 Å². The highest BCUT2D eigenvalue weighted by atomic mass is 16.5. The predicted octanol–water partition coefficient (Wildman–Crippen LogP) is 4.86. The third-order valence-corrected chi connectivity index (χ3v) is 4.24. The van der Waals surface area contributed by atoms with Crippen molar-refractivity contribution in [2.45, 2.75) is 19.8 Å². The SMILES string of the molecule is CCc1ccccc1OCC(=O)Nc1ccccc1Cc1ccccc1. The van der Waals surface area contributed by atoms with Gasteiger partial charge >= 0.3 is 0 Å². The van der Waals surface area contributed by atoms with Gasteiger partial charge in [0.15, 0.2) is 6.61 Å². The molecule has 26 heavy (non-hydrogen) atoms. The average Bonchev–Trinajstić information content (AvgIpc) is 2.69. The number of rotatable bonds is 7. The first-order valence-corrected chi connectivity index (χ1v) is 8.88. The zero-order valence-corrected chi connectivity index (χ0v) is 14.9. The lowest BCUT2D eigenvalue weighted by atomic mass is 10.0. The van der Waals surface area contributed by atoms with Crippen LogP contribution in [0.15, 0.2) is 78.9 Å². The van der Waals surface area contributed by atoms with Crippen LogP contribution in [0.3, 0.4) is 0 Å². The van der Waals surface area contributed by atoms with Crippen molar-refractivity contribution in [1.29, 1.82) is 0 Å². The molecule has 0 aromatic heterocycles. The standard InChI is InChI=1S/C23H23NO2/c1-2-19-12-7-9-15-22(19)26-17-23(25)24-21-14-8-6-13-20(21)16-18-10-4-3-5-11-18/h3-15H,2,16-17H2,1H3,(H,24,25). The van der Waals surface area contributed by atoms with Crippen LogP contribution in [-0.4, -0.2) is 12.5 Å². The lowest BCUT2D eigenvalue weighted by Crippen LogP contribution is -2.21. The van der Waals surface area contributed by atoms with Gasteiger partial charge in [0, 0.05) is 5.69 Å². The molecule has 0 aliphatic carbocycles. The summed E-state index contributed by atoms with van der Waals surface area (Å²) in [7, 11) is 0. The molecule has 3 nitrogen and oxygen atoms in total. The summed E-state index contributed by atoms with van der Waals surface area (Å²) < 4.78 is 5.71. The molecule has 1 amide bonds. The monoisotopic (exact) mass is 345 g/mol. The van der Waals surface area contributed by atoms with Crippen molar-refractivity contribution in [3.63, 3.8) is 0 Å². The van der Waals surface area contributed by atoms with Gasteiger partial charge in [0.2, 0.25) is 0 Å². The molecule has 0 aliphatic heterocycles. The third kappa shape index (κ3) is 4.73. The van der Waals surface area contributed by atoms with Crippen molar-refractivity contribution in [2.75, 3.05) is 11.9 Å². The van der Waals surface area contributed by atoms with Crippen LogP contribution in [0.4, 0.5) is 5.69 Å². The summed E-state index contributed by atoms with van der Waals surface area (Å²) in [6.45, 7) is 2.07. The predicted molar refractivity (Wildman–Crippen MR) is 106 cm³/mol. The molecule has 3 aromatic rings. The highest BCUT2D eigenvalue weighted by Crippen LogP contribution is 2.20. The first kappa shape index (κ1) is 17.7. The zero-order chi connectivity index (χ0) is 18.2. The molecule has 0 unspecified atom stereocenters. The van der Waals surface area contributed by atoms with Gasteiger partial charge < -0.3 is 10.1 Å². The number of carbonyl (C=O) groups excluding carboxylic acids is 1. The molecule has 3 heteroatoms. The van der Waals surface area contributed by atoms with Crippen LogP contribution in [0.2, 0.25) is 0 Å². The summed E-state index contributed by atoms with van der Waals surface area (Å²) in [5, 5.41) is 2.97. The molecule has 3 aromatic carbocycles. The molecule has 1 N–H and O–H groups in total. The number of benzene rings is 3. The summed E-state index contributed by atoms with van der Waals surface area (Å²) in [6, 6.07) is 25.9. The minimum atomic E-state index is -0.156. The van der Waals surface area contributed by atoms with Gasteiger partial charge in [0.05, 0.1) is 0 Å². The van der Waals surface area contributed by atoms with Gasteiger partial charge in [0.1, 0.15) is 5.75 Å². The zero-order valence-electron chi connectivity index (χ0n) is 14.9. The topological polar surface area (TPSA) is 38.3 Å². The second kappa shape index (κ2) is 8.86. The molecule has 0 fully saturated rings. The maximum atomic E-state index is 12.4. The van der Waals surface area contributed by atoms with Crippen molar-refractivity contribution in [1.82, 2.24) is 0 Å². The van der Waals surface area contributed by atoms with Gasteiger partial charge in [-0.3, -0.25) is 4.79 Å². The Balaban J connectivity index is 1.64. The van der Waals surface area contributed by atoms with Gasteiger partial charge in [-0.15, -0.1) is 0 Å². The van der Waals surface area contributed by atoms with E-state index in [1.54, 1.807) is 0 Å². The number of aryl methyl sites for hydroxylation is 1. The molecule has 3 rings (SSSR count). The molecular formula is C23H23NO2. The van der Waals surface area contributed by atoms with E-state index in [0.717, 1.165) is 35.4 Å². The van der Waals surface area contributed by atoms with Gasteiger partial charge in [-0.25, -0.2) is 0 Å². The van der Waals surface area contributed by atoms with E-state index in [4.69, 9.17) is 4.74 Å². The first-order valence-electron chi connectivity index (χ1n) is 8.88. The maximum Gasteiger partial charge on any atom is 0.262 e. The Morgan fingerprint density at radius 1 is 0.846 bits per heavy atom. The number of ether oxygens (including phenoxy) is 1. The van der Waals surface area contributed by atoms with Gasteiger partial charge in [-0.2, -0.15) is 0 Å². The Morgan fingerprint density at radius 2 is 1.50 bits per heavy atom. The smallest absolute Gasteiger partial charge is 0.262 e. The van der Waals surface area contributed by atoms with Crippen LogP contribution in [0.5, 0.6) is 5.75 Å². The quantitative estimate of drug-likeness (QED) is 0.664. The lowest BCUT2D eigenvalue weighted by Gasteiger charge is -2.13. The second-order valence-corrected chi connectivity index (χ2v) is 6.12.